The standard InChI is InChI=1S/C18H13F3N2O2/c1-11-2-4-12(5-3-11)16(24)15(10-22)17(25)23-14-8-6-13(7-9-14)18(19,20)21/h2-9,15H,1H3,(H,23,25). The SMILES string of the molecule is Cc1ccc(C(=O)C(C#N)C(=O)Nc2ccc(C(F)(F)F)cc2)cc1. The lowest BCUT2D eigenvalue weighted by atomic mass is 9.97. The normalized spacial score (nSPS) is 12.1. The molecule has 0 aliphatic carbocycles. The summed E-state index contributed by atoms with van der Waals surface area (Å²) in [5.41, 5.74) is 0.326. The molecule has 0 fully saturated rings. The molecular weight excluding hydrogens is 333 g/mol. The Morgan fingerprint density at radius 1 is 1.04 bits per heavy atom. The summed E-state index contributed by atoms with van der Waals surface area (Å²) in [6.45, 7) is 1.83. The molecule has 1 amide bonds. The van der Waals surface area contributed by atoms with Gasteiger partial charge in [0.1, 0.15) is 0 Å². The van der Waals surface area contributed by atoms with Crippen molar-refractivity contribution in [2.75, 3.05) is 5.32 Å². The van der Waals surface area contributed by atoms with Gasteiger partial charge in [-0.2, -0.15) is 18.4 Å². The average molecular weight is 346 g/mol. The number of benzene rings is 2. The number of nitriles is 1. The van der Waals surface area contributed by atoms with Crippen molar-refractivity contribution < 1.29 is 22.8 Å². The van der Waals surface area contributed by atoms with Gasteiger partial charge in [0.15, 0.2) is 11.7 Å². The number of halogens is 3. The van der Waals surface area contributed by atoms with Crippen LogP contribution in [-0.2, 0) is 11.0 Å². The Hall–Kier alpha value is -3.14. The quantitative estimate of drug-likeness (QED) is 0.672. The first kappa shape index (κ1) is 18.2. The average Bonchev–Trinajstić information content (AvgIpc) is 2.55. The highest BCUT2D eigenvalue weighted by Crippen LogP contribution is 2.29. The van der Waals surface area contributed by atoms with Gasteiger partial charge < -0.3 is 5.32 Å². The Labute approximate surface area is 141 Å². The van der Waals surface area contributed by atoms with Crippen LogP contribution in [-0.4, -0.2) is 11.7 Å². The van der Waals surface area contributed by atoms with E-state index >= 15 is 0 Å². The lowest BCUT2D eigenvalue weighted by Crippen LogP contribution is -2.28. The Bertz CT molecular complexity index is 819. The van der Waals surface area contributed by atoms with E-state index in [0.717, 1.165) is 29.8 Å². The van der Waals surface area contributed by atoms with E-state index in [-0.39, 0.29) is 11.3 Å². The summed E-state index contributed by atoms with van der Waals surface area (Å²) in [5, 5.41) is 11.4. The second kappa shape index (κ2) is 7.18. The van der Waals surface area contributed by atoms with Gasteiger partial charge in [-0.25, -0.2) is 0 Å². The van der Waals surface area contributed by atoms with Gasteiger partial charge >= 0.3 is 6.18 Å². The molecule has 4 nitrogen and oxygen atoms in total. The molecule has 0 spiro atoms. The third-order valence-electron chi connectivity index (χ3n) is 3.47. The zero-order valence-corrected chi connectivity index (χ0v) is 13.1. The molecule has 0 bridgehead atoms. The fourth-order valence-corrected chi connectivity index (χ4v) is 2.08. The van der Waals surface area contributed by atoms with Crippen molar-refractivity contribution in [1.29, 1.82) is 5.26 Å². The van der Waals surface area contributed by atoms with Crippen molar-refractivity contribution in [2.24, 2.45) is 5.92 Å². The van der Waals surface area contributed by atoms with Gasteiger partial charge in [-0.1, -0.05) is 29.8 Å². The molecule has 0 heterocycles. The maximum atomic E-state index is 12.5. The number of Topliss-reactive ketones (excluding diaryl/α,β-unsaturated/α-hetero) is 1. The van der Waals surface area contributed by atoms with Crippen LogP contribution in [0.4, 0.5) is 18.9 Å². The second-order valence-electron chi connectivity index (χ2n) is 5.36. The molecule has 25 heavy (non-hydrogen) atoms. The highest BCUT2D eigenvalue weighted by molar-refractivity contribution is 6.15. The van der Waals surface area contributed by atoms with Crippen molar-refractivity contribution in [3.8, 4) is 6.07 Å². The highest BCUT2D eigenvalue weighted by atomic mass is 19.4. The van der Waals surface area contributed by atoms with Crippen LogP contribution in [0.15, 0.2) is 48.5 Å². The topological polar surface area (TPSA) is 70.0 Å². The van der Waals surface area contributed by atoms with Crippen LogP contribution in [0.3, 0.4) is 0 Å². The number of ketones is 1. The molecule has 7 heteroatoms. The van der Waals surface area contributed by atoms with E-state index in [1.807, 2.05) is 6.92 Å². The first-order valence-electron chi connectivity index (χ1n) is 7.21. The predicted molar refractivity (Wildman–Crippen MR) is 84.7 cm³/mol. The number of carbonyl (C=O) groups is 2. The minimum atomic E-state index is -4.49. The van der Waals surface area contributed by atoms with Crippen LogP contribution in [0.1, 0.15) is 21.5 Å². The van der Waals surface area contributed by atoms with Gasteiger partial charge in [0.25, 0.3) is 0 Å². The van der Waals surface area contributed by atoms with Crippen molar-refractivity contribution in [3.05, 3.63) is 65.2 Å². The Kier molecular flexibility index (Phi) is 5.22. The maximum absolute atomic E-state index is 12.5. The monoisotopic (exact) mass is 346 g/mol. The molecule has 2 aromatic rings. The summed E-state index contributed by atoms with van der Waals surface area (Å²) in [6, 6.07) is 11.7. The Balaban J connectivity index is 2.13. The van der Waals surface area contributed by atoms with Gasteiger partial charge in [0.05, 0.1) is 11.6 Å². The molecule has 0 aromatic heterocycles. The first-order chi connectivity index (χ1) is 11.7. The molecule has 0 saturated carbocycles. The highest BCUT2D eigenvalue weighted by Gasteiger charge is 2.31. The maximum Gasteiger partial charge on any atom is 0.416 e. The number of amides is 1. The largest absolute Gasteiger partial charge is 0.416 e. The smallest absolute Gasteiger partial charge is 0.325 e. The number of nitrogens with one attached hydrogen (secondary N) is 1. The van der Waals surface area contributed by atoms with Gasteiger partial charge in [0.2, 0.25) is 5.91 Å². The number of hydrogen-bond acceptors (Lipinski definition) is 3. The number of anilines is 1. The molecule has 1 N–H and O–H groups in total. The van der Waals surface area contributed by atoms with E-state index in [4.69, 9.17) is 5.26 Å². The number of alkyl halides is 3. The van der Waals surface area contributed by atoms with Crippen LogP contribution in [0.5, 0.6) is 0 Å². The molecule has 1 unspecified atom stereocenters. The summed E-state index contributed by atoms with van der Waals surface area (Å²) < 4.78 is 37.5. The number of nitrogens with zero attached hydrogens (tertiary/aromatic N) is 1. The molecule has 128 valence electrons. The van der Waals surface area contributed by atoms with E-state index in [9.17, 15) is 22.8 Å². The summed E-state index contributed by atoms with van der Waals surface area (Å²) in [5.74, 6) is -3.16. The molecule has 0 radical (unpaired) electrons. The summed E-state index contributed by atoms with van der Waals surface area (Å²) in [4.78, 5) is 24.4. The molecule has 0 saturated heterocycles. The van der Waals surface area contributed by atoms with Crippen molar-refractivity contribution >= 4 is 17.4 Å². The van der Waals surface area contributed by atoms with E-state index in [2.05, 4.69) is 5.32 Å². The minimum Gasteiger partial charge on any atom is -0.325 e. The van der Waals surface area contributed by atoms with E-state index in [1.54, 1.807) is 18.2 Å². The first-order valence-corrected chi connectivity index (χ1v) is 7.21. The number of aryl methyl sites for hydroxylation is 1. The van der Waals surface area contributed by atoms with Gasteiger partial charge in [-0.3, -0.25) is 9.59 Å². The fraction of sp³-hybridized carbons (Fsp3) is 0.167. The summed E-state index contributed by atoms with van der Waals surface area (Å²) >= 11 is 0. The molecule has 2 aromatic carbocycles. The zero-order chi connectivity index (χ0) is 18.6. The number of carbonyl (C=O) groups excluding carboxylic acids is 2. The minimum absolute atomic E-state index is 0.0648. The van der Waals surface area contributed by atoms with Crippen LogP contribution < -0.4 is 5.32 Å². The molecule has 2 rings (SSSR count). The number of rotatable bonds is 4. The Morgan fingerprint density at radius 3 is 2.08 bits per heavy atom. The van der Waals surface area contributed by atoms with Crippen LogP contribution in [0, 0.1) is 24.2 Å². The fourth-order valence-electron chi connectivity index (χ4n) is 2.08. The van der Waals surface area contributed by atoms with Crippen molar-refractivity contribution in [3.63, 3.8) is 0 Å². The van der Waals surface area contributed by atoms with Crippen molar-refractivity contribution in [2.45, 2.75) is 13.1 Å². The zero-order valence-electron chi connectivity index (χ0n) is 13.1. The Morgan fingerprint density at radius 2 is 1.60 bits per heavy atom. The van der Waals surface area contributed by atoms with Gasteiger partial charge in [0, 0.05) is 11.3 Å². The van der Waals surface area contributed by atoms with E-state index < -0.39 is 29.3 Å². The molecule has 0 aliphatic heterocycles. The van der Waals surface area contributed by atoms with Crippen LogP contribution in [0.2, 0.25) is 0 Å². The van der Waals surface area contributed by atoms with Gasteiger partial charge in [-0.05, 0) is 31.2 Å². The lowest BCUT2D eigenvalue weighted by Gasteiger charge is -2.11. The van der Waals surface area contributed by atoms with E-state index in [0.29, 0.717) is 0 Å². The summed E-state index contributed by atoms with van der Waals surface area (Å²) in [6.07, 6.45) is -4.49. The van der Waals surface area contributed by atoms with Crippen molar-refractivity contribution in [1.82, 2.24) is 0 Å². The third kappa shape index (κ3) is 4.44. The molecular formula is C18H13F3N2O2. The molecule has 0 aliphatic rings. The predicted octanol–water partition coefficient (Wildman–Crippen LogP) is 3.98. The lowest BCUT2D eigenvalue weighted by molar-refractivity contribution is -0.137. The van der Waals surface area contributed by atoms with Crippen LogP contribution >= 0.6 is 0 Å². The van der Waals surface area contributed by atoms with Gasteiger partial charge in [-0.15, -0.1) is 0 Å². The van der Waals surface area contributed by atoms with E-state index in [1.165, 1.54) is 12.1 Å². The second-order valence-corrected chi connectivity index (χ2v) is 5.36. The van der Waals surface area contributed by atoms with Crippen LogP contribution in [0.25, 0.3) is 0 Å². The third-order valence-corrected chi connectivity index (χ3v) is 3.47. The summed E-state index contributed by atoms with van der Waals surface area (Å²) in [7, 11) is 0. The molecule has 1 atom stereocenters. The number of hydrogen-bond donors (Lipinski definition) is 1.